The van der Waals surface area contributed by atoms with Crippen LogP contribution in [0, 0.1) is 23.6 Å². The van der Waals surface area contributed by atoms with Gasteiger partial charge in [-0.15, -0.1) is 0 Å². The molecule has 3 rings (SSSR count). The van der Waals surface area contributed by atoms with Crippen molar-refractivity contribution in [2.75, 3.05) is 5.32 Å². The fraction of sp³-hybridized carbons (Fsp3) is 0.500. The van der Waals surface area contributed by atoms with Gasteiger partial charge in [0.05, 0.1) is 0 Å². The molecule has 2 aliphatic carbocycles. The van der Waals surface area contributed by atoms with Gasteiger partial charge in [-0.1, -0.05) is 6.42 Å². The number of amides is 1. The molecule has 3 heteroatoms. The SMILES string of the molecule is O=C(Nc1ccc(F)cc1)[C@@H]1C[C@H]2CC[C@H]1C2. The second kappa shape index (κ2) is 4.13. The number of halogens is 1. The largest absolute Gasteiger partial charge is 0.326 e. The van der Waals surface area contributed by atoms with Crippen LogP contribution >= 0.6 is 0 Å². The van der Waals surface area contributed by atoms with Crippen LogP contribution in [0.4, 0.5) is 10.1 Å². The van der Waals surface area contributed by atoms with Gasteiger partial charge in [0.25, 0.3) is 0 Å². The zero-order valence-electron chi connectivity index (χ0n) is 9.66. The average molecular weight is 233 g/mol. The number of anilines is 1. The molecule has 0 unspecified atom stereocenters. The predicted octanol–water partition coefficient (Wildman–Crippen LogP) is 3.20. The maximum Gasteiger partial charge on any atom is 0.227 e. The van der Waals surface area contributed by atoms with E-state index in [0.29, 0.717) is 11.6 Å². The molecule has 1 N–H and O–H groups in total. The van der Waals surface area contributed by atoms with E-state index in [2.05, 4.69) is 5.32 Å². The summed E-state index contributed by atoms with van der Waals surface area (Å²) in [4.78, 5) is 12.1. The van der Waals surface area contributed by atoms with Crippen LogP contribution in [-0.2, 0) is 4.79 Å². The van der Waals surface area contributed by atoms with Gasteiger partial charge in [-0.3, -0.25) is 4.79 Å². The Kier molecular flexibility index (Phi) is 2.61. The molecule has 2 nitrogen and oxygen atoms in total. The highest BCUT2D eigenvalue weighted by Gasteiger charge is 2.42. The van der Waals surface area contributed by atoms with Crippen molar-refractivity contribution in [2.45, 2.75) is 25.7 Å². The van der Waals surface area contributed by atoms with Crippen LogP contribution in [0.5, 0.6) is 0 Å². The molecule has 2 aliphatic rings. The lowest BCUT2D eigenvalue weighted by Crippen LogP contribution is -2.27. The van der Waals surface area contributed by atoms with E-state index in [-0.39, 0.29) is 17.6 Å². The van der Waals surface area contributed by atoms with Crippen LogP contribution in [-0.4, -0.2) is 5.91 Å². The molecule has 3 atom stereocenters. The number of carbonyl (C=O) groups is 1. The first-order chi connectivity index (χ1) is 8.22. The normalized spacial score (nSPS) is 30.5. The summed E-state index contributed by atoms with van der Waals surface area (Å²) in [6.45, 7) is 0. The number of fused-ring (bicyclic) bond motifs is 2. The summed E-state index contributed by atoms with van der Waals surface area (Å²) < 4.78 is 12.7. The summed E-state index contributed by atoms with van der Waals surface area (Å²) in [7, 11) is 0. The Balaban J connectivity index is 1.65. The van der Waals surface area contributed by atoms with Crippen LogP contribution in [0.25, 0.3) is 0 Å². The molecule has 0 radical (unpaired) electrons. The van der Waals surface area contributed by atoms with Crippen molar-refractivity contribution in [1.29, 1.82) is 0 Å². The van der Waals surface area contributed by atoms with E-state index < -0.39 is 0 Å². The van der Waals surface area contributed by atoms with Crippen molar-refractivity contribution in [3.8, 4) is 0 Å². The van der Waals surface area contributed by atoms with Crippen LogP contribution in [0.15, 0.2) is 24.3 Å². The Bertz CT molecular complexity index is 428. The third kappa shape index (κ3) is 2.06. The molecule has 1 aromatic carbocycles. The van der Waals surface area contributed by atoms with E-state index in [1.807, 2.05) is 0 Å². The standard InChI is InChI=1S/C14H16FNO/c15-11-3-5-12(6-4-11)16-14(17)13-8-9-1-2-10(13)7-9/h3-6,9-10,13H,1-2,7-8H2,(H,16,17)/t9-,10-,13+/m0/s1. The second-order valence-electron chi connectivity index (χ2n) is 5.28. The van der Waals surface area contributed by atoms with Gasteiger partial charge in [0.1, 0.15) is 5.82 Å². The monoisotopic (exact) mass is 233 g/mol. The van der Waals surface area contributed by atoms with Gasteiger partial charge in [0.15, 0.2) is 0 Å². The molecule has 0 heterocycles. The summed E-state index contributed by atoms with van der Waals surface area (Å²) in [5.74, 6) is 1.37. The molecule has 0 saturated heterocycles. The molecule has 0 spiro atoms. The highest BCUT2D eigenvalue weighted by Crippen LogP contribution is 2.48. The third-order valence-corrected chi connectivity index (χ3v) is 4.19. The van der Waals surface area contributed by atoms with Crippen LogP contribution in [0.3, 0.4) is 0 Å². The van der Waals surface area contributed by atoms with Gasteiger partial charge in [-0.25, -0.2) is 4.39 Å². The van der Waals surface area contributed by atoms with Gasteiger partial charge in [-0.2, -0.15) is 0 Å². The highest BCUT2D eigenvalue weighted by molar-refractivity contribution is 5.93. The molecule has 2 fully saturated rings. The molecule has 0 aromatic heterocycles. The van der Waals surface area contributed by atoms with E-state index in [1.165, 1.54) is 31.4 Å². The number of benzene rings is 1. The first kappa shape index (κ1) is 10.8. The summed E-state index contributed by atoms with van der Waals surface area (Å²) in [6.07, 6.45) is 4.76. The van der Waals surface area contributed by atoms with Gasteiger partial charge in [0.2, 0.25) is 5.91 Å². The van der Waals surface area contributed by atoms with Gasteiger partial charge < -0.3 is 5.32 Å². The first-order valence-electron chi connectivity index (χ1n) is 6.29. The van der Waals surface area contributed by atoms with Gasteiger partial charge in [-0.05, 0) is 55.4 Å². The zero-order valence-corrected chi connectivity index (χ0v) is 9.66. The van der Waals surface area contributed by atoms with E-state index >= 15 is 0 Å². The Morgan fingerprint density at radius 3 is 2.53 bits per heavy atom. The van der Waals surface area contributed by atoms with E-state index in [0.717, 1.165) is 12.3 Å². The number of rotatable bonds is 2. The van der Waals surface area contributed by atoms with E-state index in [1.54, 1.807) is 12.1 Å². The van der Waals surface area contributed by atoms with Crippen molar-refractivity contribution in [2.24, 2.45) is 17.8 Å². The first-order valence-corrected chi connectivity index (χ1v) is 6.29. The molecular formula is C14H16FNO. The molecule has 2 saturated carbocycles. The average Bonchev–Trinajstić information content (AvgIpc) is 2.94. The quantitative estimate of drug-likeness (QED) is 0.835. The van der Waals surface area contributed by atoms with Gasteiger partial charge in [0, 0.05) is 11.6 Å². The molecule has 2 bridgehead atoms. The Labute approximate surface area is 100 Å². The summed E-state index contributed by atoms with van der Waals surface area (Å²) in [5, 5.41) is 2.89. The number of nitrogens with one attached hydrogen (secondary N) is 1. The number of hydrogen-bond acceptors (Lipinski definition) is 1. The summed E-state index contributed by atoms with van der Waals surface area (Å²) in [6, 6.07) is 5.97. The Hall–Kier alpha value is -1.38. The molecular weight excluding hydrogens is 217 g/mol. The van der Waals surface area contributed by atoms with Gasteiger partial charge >= 0.3 is 0 Å². The Morgan fingerprint density at radius 2 is 1.94 bits per heavy atom. The molecule has 17 heavy (non-hydrogen) atoms. The lowest BCUT2D eigenvalue weighted by Gasteiger charge is -2.20. The van der Waals surface area contributed by atoms with E-state index in [9.17, 15) is 9.18 Å². The maximum atomic E-state index is 12.7. The summed E-state index contributed by atoms with van der Waals surface area (Å²) >= 11 is 0. The highest BCUT2D eigenvalue weighted by atomic mass is 19.1. The minimum absolute atomic E-state index is 0.115. The summed E-state index contributed by atoms with van der Waals surface area (Å²) in [5.41, 5.74) is 0.694. The van der Waals surface area contributed by atoms with Crippen molar-refractivity contribution >= 4 is 11.6 Å². The lowest BCUT2D eigenvalue weighted by atomic mass is 9.88. The third-order valence-electron chi connectivity index (χ3n) is 4.19. The van der Waals surface area contributed by atoms with Crippen molar-refractivity contribution in [1.82, 2.24) is 0 Å². The second-order valence-corrected chi connectivity index (χ2v) is 5.28. The lowest BCUT2D eigenvalue weighted by molar-refractivity contribution is -0.121. The van der Waals surface area contributed by atoms with Crippen LogP contribution in [0.1, 0.15) is 25.7 Å². The van der Waals surface area contributed by atoms with Crippen molar-refractivity contribution < 1.29 is 9.18 Å². The minimum Gasteiger partial charge on any atom is -0.326 e. The Morgan fingerprint density at radius 1 is 1.18 bits per heavy atom. The fourth-order valence-electron chi connectivity index (χ4n) is 3.33. The minimum atomic E-state index is -0.275. The van der Waals surface area contributed by atoms with Crippen molar-refractivity contribution in [3.63, 3.8) is 0 Å². The van der Waals surface area contributed by atoms with E-state index in [4.69, 9.17) is 0 Å². The van der Waals surface area contributed by atoms with Crippen LogP contribution < -0.4 is 5.32 Å². The van der Waals surface area contributed by atoms with Crippen LogP contribution in [0.2, 0.25) is 0 Å². The number of hydrogen-bond donors (Lipinski definition) is 1. The zero-order chi connectivity index (χ0) is 11.8. The molecule has 90 valence electrons. The topological polar surface area (TPSA) is 29.1 Å². The molecule has 0 aliphatic heterocycles. The van der Waals surface area contributed by atoms with Crippen molar-refractivity contribution in [3.05, 3.63) is 30.1 Å². The number of carbonyl (C=O) groups excluding carboxylic acids is 1. The smallest absolute Gasteiger partial charge is 0.227 e. The fourth-order valence-corrected chi connectivity index (χ4v) is 3.33. The molecule has 1 aromatic rings. The predicted molar refractivity (Wildman–Crippen MR) is 64.0 cm³/mol. The molecule has 1 amide bonds. The maximum absolute atomic E-state index is 12.7.